The third-order valence-corrected chi connectivity index (χ3v) is 4.70. The van der Waals surface area contributed by atoms with Gasteiger partial charge < -0.3 is 16.2 Å². The summed E-state index contributed by atoms with van der Waals surface area (Å²) in [7, 11) is 0. The van der Waals surface area contributed by atoms with Gasteiger partial charge in [-0.3, -0.25) is 4.79 Å². The van der Waals surface area contributed by atoms with Crippen LogP contribution in [0.1, 0.15) is 13.8 Å². The van der Waals surface area contributed by atoms with Crippen LogP contribution in [-0.2, 0) is 4.79 Å². The molecule has 0 aliphatic carbocycles. The third kappa shape index (κ3) is 5.05. The van der Waals surface area contributed by atoms with Crippen molar-refractivity contribution in [3.63, 3.8) is 0 Å². The molecular weight excluding hydrogens is 319 g/mol. The number of aliphatic hydroxyl groups is 1. The fraction of sp³-hybridized carbons (Fsp3) is 0.462. The van der Waals surface area contributed by atoms with E-state index in [1.165, 1.54) is 23.9 Å². The lowest BCUT2D eigenvalue weighted by atomic mass is 10.2. The lowest BCUT2D eigenvalue weighted by molar-refractivity contribution is -0.115. The summed E-state index contributed by atoms with van der Waals surface area (Å²) in [6.07, 6.45) is 0. The van der Waals surface area contributed by atoms with Crippen LogP contribution in [0.25, 0.3) is 0 Å². The molecule has 0 saturated carbocycles. The highest BCUT2D eigenvalue weighted by molar-refractivity contribution is 8.00. The normalized spacial score (nSPS) is 13.8. The maximum Gasteiger partial charge on any atom is 0.237 e. The van der Waals surface area contributed by atoms with E-state index in [1.54, 1.807) is 6.92 Å². The fourth-order valence-electron chi connectivity index (χ4n) is 1.37. The highest BCUT2D eigenvalue weighted by atomic mass is 35.5. The molecule has 20 heavy (non-hydrogen) atoms. The third-order valence-electron chi connectivity index (χ3n) is 2.62. The van der Waals surface area contributed by atoms with E-state index in [1.807, 2.05) is 6.92 Å². The van der Waals surface area contributed by atoms with Gasteiger partial charge in [0.2, 0.25) is 5.91 Å². The monoisotopic (exact) mass is 336 g/mol. The van der Waals surface area contributed by atoms with Gasteiger partial charge in [0.15, 0.2) is 0 Å². The van der Waals surface area contributed by atoms with Crippen LogP contribution in [0.3, 0.4) is 0 Å². The number of hydrogen-bond donors (Lipinski definition) is 3. The van der Waals surface area contributed by atoms with Crippen LogP contribution in [0.15, 0.2) is 12.1 Å². The van der Waals surface area contributed by atoms with Crippen LogP contribution < -0.4 is 11.1 Å². The van der Waals surface area contributed by atoms with E-state index in [9.17, 15) is 4.79 Å². The van der Waals surface area contributed by atoms with Crippen LogP contribution in [0, 0.1) is 5.92 Å². The van der Waals surface area contributed by atoms with Crippen molar-refractivity contribution in [1.82, 2.24) is 0 Å². The molecule has 1 aromatic rings. The van der Waals surface area contributed by atoms with Crippen LogP contribution >= 0.6 is 35.0 Å². The van der Waals surface area contributed by atoms with Crippen molar-refractivity contribution in [3.05, 3.63) is 22.2 Å². The first-order valence-corrected chi connectivity index (χ1v) is 7.93. The van der Waals surface area contributed by atoms with Crippen LogP contribution in [-0.4, -0.2) is 28.6 Å². The molecule has 0 aliphatic rings. The van der Waals surface area contributed by atoms with Crippen LogP contribution in [0.2, 0.25) is 10.0 Å². The number of benzene rings is 1. The number of carbonyl (C=O) groups is 1. The number of rotatable bonds is 6. The van der Waals surface area contributed by atoms with Crippen molar-refractivity contribution in [1.29, 1.82) is 0 Å². The zero-order chi connectivity index (χ0) is 15.3. The Balaban J connectivity index is 2.66. The number of nitrogens with two attached hydrogens (primary N) is 1. The van der Waals surface area contributed by atoms with Gasteiger partial charge in [-0.2, -0.15) is 0 Å². The van der Waals surface area contributed by atoms with E-state index < -0.39 is 0 Å². The van der Waals surface area contributed by atoms with E-state index in [4.69, 9.17) is 34.0 Å². The average Bonchev–Trinajstić information content (AvgIpc) is 2.39. The number of nitrogens with one attached hydrogen (secondary N) is 1. The molecule has 0 bridgehead atoms. The van der Waals surface area contributed by atoms with E-state index in [0.29, 0.717) is 27.2 Å². The molecule has 0 radical (unpaired) electrons. The molecule has 0 aromatic heterocycles. The molecule has 112 valence electrons. The zero-order valence-corrected chi connectivity index (χ0v) is 13.6. The molecule has 4 nitrogen and oxygen atoms in total. The molecule has 4 N–H and O–H groups in total. The molecule has 0 spiro atoms. The number of nitrogen functional groups attached to an aromatic ring is 1. The SMILES string of the molecule is CC(CO)CSC(C)C(=O)Nc1c(Cl)cc(N)cc1Cl. The minimum absolute atomic E-state index is 0.108. The molecule has 0 aliphatic heterocycles. The van der Waals surface area contributed by atoms with Gasteiger partial charge in [0.1, 0.15) is 0 Å². The molecule has 0 fully saturated rings. The van der Waals surface area contributed by atoms with Crippen molar-refractivity contribution in [2.24, 2.45) is 5.92 Å². The van der Waals surface area contributed by atoms with E-state index in [0.717, 1.165) is 0 Å². The molecule has 7 heteroatoms. The number of anilines is 2. The van der Waals surface area contributed by atoms with E-state index in [2.05, 4.69) is 5.32 Å². The van der Waals surface area contributed by atoms with Crippen molar-refractivity contribution in [2.75, 3.05) is 23.4 Å². The Morgan fingerprint density at radius 3 is 2.45 bits per heavy atom. The minimum Gasteiger partial charge on any atom is -0.399 e. The molecule has 0 heterocycles. The molecule has 1 aromatic carbocycles. The number of aliphatic hydroxyl groups excluding tert-OH is 1. The summed E-state index contributed by atoms with van der Waals surface area (Å²) < 4.78 is 0. The smallest absolute Gasteiger partial charge is 0.237 e. The molecule has 1 rings (SSSR count). The number of amides is 1. The second-order valence-corrected chi connectivity index (χ2v) is 6.80. The minimum atomic E-state index is -0.270. The Hall–Kier alpha value is -0.620. The van der Waals surface area contributed by atoms with Gasteiger partial charge in [0.25, 0.3) is 0 Å². The zero-order valence-electron chi connectivity index (χ0n) is 11.3. The number of carbonyl (C=O) groups excluding carboxylic acids is 1. The standard InChI is InChI=1S/C13H18Cl2N2O2S/c1-7(5-18)6-20-8(2)13(19)17-12-10(14)3-9(16)4-11(12)15/h3-4,7-8,18H,5-6,16H2,1-2H3,(H,17,19). The summed E-state index contributed by atoms with van der Waals surface area (Å²) in [5, 5.41) is 12.0. The Morgan fingerprint density at radius 1 is 1.40 bits per heavy atom. The van der Waals surface area contributed by atoms with Gasteiger partial charge in [0, 0.05) is 12.3 Å². The largest absolute Gasteiger partial charge is 0.399 e. The topological polar surface area (TPSA) is 75.3 Å². The first-order valence-electron chi connectivity index (χ1n) is 6.13. The fourth-order valence-corrected chi connectivity index (χ4v) is 2.91. The Bertz CT molecular complexity index is 462. The van der Waals surface area contributed by atoms with Gasteiger partial charge in [0.05, 0.1) is 21.0 Å². The first kappa shape index (κ1) is 17.4. The van der Waals surface area contributed by atoms with E-state index >= 15 is 0 Å². The quantitative estimate of drug-likeness (QED) is 0.697. The molecular formula is C13H18Cl2N2O2S. The van der Waals surface area contributed by atoms with Crippen LogP contribution in [0.4, 0.5) is 11.4 Å². The van der Waals surface area contributed by atoms with Gasteiger partial charge in [-0.15, -0.1) is 11.8 Å². The molecule has 1 amide bonds. The van der Waals surface area contributed by atoms with E-state index in [-0.39, 0.29) is 23.7 Å². The average molecular weight is 337 g/mol. The van der Waals surface area contributed by atoms with Crippen molar-refractivity contribution in [2.45, 2.75) is 19.1 Å². The van der Waals surface area contributed by atoms with Crippen molar-refractivity contribution in [3.8, 4) is 0 Å². The summed E-state index contributed by atoms with van der Waals surface area (Å²) in [6.45, 7) is 3.82. The maximum absolute atomic E-state index is 12.1. The molecule has 2 atom stereocenters. The lowest BCUT2D eigenvalue weighted by Crippen LogP contribution is -2.24. The van der Waals surface area contributed by atoms with Crippen molar-refractivity contribution >= 4 is 52.2 Å². The summed E-state index contributed by atoms with van der Waals surface area (Å²) in [4.78, 5) is 12.1. The number of thioether (sulfide) groups is 1. The second kappa shape index (κ2) is 7.98. The van der Waals surface area contributed by atoms with Gasteiger partial charge in [-0.1, -0.05) is 30.1 Å². The first-order chi connectivity index (χ1) is 9.35. The van der Waals surface area contributed by atoms with Crippen LogP contribution in [0.5, 0.6) is 0 Å². The Kier molecular flexibility index (Phi) is 6.95. The highest BCUT2D eigenvalue weighted by Crippen LogP contribution is 2.33. The van der Waals surface area contributed by atoms with Crippen molar-refractivity contribution < 1.29 is 9.90 Å². The van der Waals surface area contributed by atoms with Gasteiger partial charge in [-0.25, -0.2) is 0 Å². The predicted octanol–water partition coefficient (Wildman–Crippen LogP) is 3.26. The summed E-state index contributed by atoms with van der Waals surface area (Å²) in [5.41, 5.74) is 6.42. The summed E-state index contributed by atoms with van der Waals surface area (Å²) in [6, 6.07) is 3.07. The predicted molar refractivity (Wildman–Crippen MR) is 87.7 cm³/mol. The van der Waals surface area contributed by atoms with Gasteiger partial charge >= 0.3 is 0 Å². The molecule has 0 saturated heterocycles. The summed E-state index contributed by atoms with van der Waals surface area (Å²) >= 11 is 13.5. The number of halogens is 2. The maximum atomic E-state index is 12.1. The van der Waals surface area contributed by atoms with Gasteiger partial charge in [-0.05, 0) is 30.7 Å². The Morgan fingerprint density at radius 2 is 1.95 bits per heavy atom. The number of hydrogen-bond acceptors (Lipinski definition) is 4. The second-order valence-electron chi connectivity index (χ2n) is 4.61. The Labute approximate surface area is 133 Å². The molecule has 2 unspecified atom stereocenters. The summed E-state index contributed by atoms with van der Waals surface area (Å²) in [5.74, 6) is 0.668. The lowest BCUT2D eigenvalue weighted by Gasteiger charge is -2.15. The highest BCUT2D eigenvalue weighted by Gasteiger charge is 2.17.